The summed E-state index contributed by atoms with van der Waals surface area (Å²) in [4.78, 5) is 17.0. The molecular weight excluding hydrogens is 372 g/mol. The summed E-state index contributed by atoms with van der Waals surface area (Å²) >= 11 is 0. The van der Waals surface area contributed by atoms with Crippen LogP contribution in [0.3, 0.4) is 0 Å². The molecule has 0 amide bonds. The minimum absolute atomic E-state index is 0.0727. The Morgan fingerprint density at radius 3 is 2.57 bits per heavy atom. The highest BCUT2D eigenvalue weighted by molar-refractivity contribution is 7.89. The number of aryl methyl sites for hydroxylation is 1. The molecule has 140 valence electrons. The van der Waals surface area contributed by atoms with Gasteiger partial charge in [-0.25, -0.2) is 13.6 Å². The Hall–Kier alpha value is -3.09. The fourth-order valence-corrected chi connectivity index (χ4v) is 4.02. The predicted molar refractivity (Wildman–Crippen MR) is 107 cm³/mol. The second-order valence-electron chi connectivity index (χ2n) is 6.78. The highest BCUT2D eigenvalue weighted by atomic mass is 32.2. The maximum Gasteiger partial charge on any atom is 0.238 e. The number of carbonyl (C=O) groups is 1. The molecule has 0 aliphatic heterocycles. The van der Waals surface area contributed by atoms with Crippen molar-refractivity contribution in [3.8, 4) is 0 Å². The van der Waals surface area contributed by atoms with Crippen LogP contribution in [-0.2, 0) is 16.4 Å². The molecule has 2 aromatic carbocycles. The van der Waals surface area contributed by atoms with Crippen LogP contribution in [0.4, 0.5) is 0 Å². The van der Waals surface area contributed by atoms with E-state index in [1.807, 2.05) is 31.2 Å². The maximum absolute atomic E-state index is 12.9. The Morgan fingerprint density at radius 1 is 1.04 bits per heavy atom. The number of allylic oxidation sites excluding steroid dienone is 1. The average molecular weight is 390 g/mol. The Bertz CT molecular complexity index is 1240. The first kappa shape index (κ1) is 18.3. The van der Waals surface area contributed by atoms with Crippen LogP contribution in [0.25, 0.3) is 5.57 Å². The number of ketones is 1. The molecule has 1 aromatic heterocycles. The van der Waals surface area contributed by atoms with Crippen molar-refractivity contribution in [3.63, 3.8) is 0 Å². The fourth-order valence-electron chi connectivity index (χ4n) is 3.46. The van der Waals surface area contributed by atoms with Gasteiger partial charge in [0.15, 0.2) is 5.78 Å². The van der Waals surface area contributed by atoms with Gasteiger partial charge in [-0.1, -0.05) is 30.3 Å². The largest absolute Gasteiger partial charge is 0.289 e. The third-order valence-corrected chi connectivity index (χ3v) is 5.73. The van der Waals surface area contributed by atoms with Crippen molar-refractivity contribution in [3.05, 3.63) is 100 Å². The number of sulfonamides is 1. The summed E-state index contributed by atoms with van der Waals surface area (Å²) in [6.07, 6.45) is 4.68. The van der Waals surface area contributed by atoms with E-state index in [0.29, 0.717) is 11.1 Å². The van der Waals surface area contributed by atoms with Crippen LogP contribution in [0.5, 0.6) is 0 Å². The zero-order chi connectivity index (χ0) is 19.9. The van der Waals surface area contributed by atoms with Gasteiger partial charge in [0.25, 0.3) is 0 Å². The van der Waals surface area contributed by atoms with Crippen molar-refractivity contribution in [1.82, 2.24) is 4.98 Å². The van der Waals surface area contributed by atoms with Crippen LogP contribution < -0.4 is 5.14 Å². The van der Waals surface area contributed by atoms with Gasteiger partial charge in [0.05, 0.1) is 4.90 Å². The van der Waals surface area contributed by atoms with Crippen molar-refractivity contribution in [2.45, 2.75) is 18.2 Å². The summed E-state index contributed by atoms with van der Waals surface area (Å²) in [5.74, 6) is -0.235. The summed E-state index contributed by atoms with van der Waals surface area (Å²) in [7, 11) is -3.86. The van der Waals surface area contributed by atoms with Crippen LogP contribution in [0, 0.1) is 6.92 Å². The molecule has 0 radical (unpaired) electrons. The van der Waals surface area contributed by atoms with Crippen LogP contribution in [0.15, 0.2) is 71.8 Å². The molecule has 5 nitrogen and oxygen atoms in total. The zero-order valence-corrected chi connectivity index (χ0v) is 16.0. The van der Waals surface area contributed by atoms with E-state index in [1.54, 1.807) is 18.3 Å². The summed E-state index contributed by atoms with van der Waals surface area (Å²) in [5.41, 5.74) is 6.17. The first-order chi connectivity index (χ1) is 13.3. The quantitative estimate of drug-likeness (QED) is 0.693. The number of benzene rings is 2. The lowest BCUT2D eigenvalue weighted by molar-refractivity contribution is 0.103. The van der Waals surface area contributed by atoms with Gasteiger partial charge < -0.3 is 0 Å². The summed E-state index contributed by atoms with van der Waals surface area (Å²) in [6, 6.07) is 15.4. The Morgan fingerprint density at radius 2 is 1.82 bits per heavy atom. The van der Waals surface area contributed by atoms with E-state index in [2.05, 4.69) is 11.1 Å². The highest BCUT2D eigenvalue weighted by Gasteiger charge is 2.19. The fraction of sp³-hybridized carbons (Fsp3) is 0.0909. The topological polar surface area (TPSA) is 90.1 Å². The van der Waals surface area contributed by atoms with Crippen LogP contribution >= 0.6 is 0 Å². The number of fused-ring (bicyclic) bond motifs is 1. The summed E-state index contributed by atoms with van der Waals surface area (Å²) in [6.45, 7) is 1.96. The van der Waals surface area contributed by atoms with Gasteiger partial charge in [-0.3, -0.25) is 9.78 Å². The molecule has 0 atom stereocenters. The minimum atomic E-state index is -3.86. The van der Waals surface area contributed by atoms with Crippen LogP contribution in [0.1, 0.15) is 38.3 Å². The predicted octanol–water partition coefficient (Wildman–Crippen LogP) is 3.26. The number of nitrogens with two attached hydrogens (primary N) is 1. The van der Waals surface area contributed by atoms with Gasteiger partial charge in [-0.2, -0.15) is 0 Å². The molecule has 0 saturated heterocycles. The number of rotatable bonds is 4. The monoisotopic (exact) mass is 390 g/mol. The lowest BCUT2D eigenvalue weighted by Crippen LogP contribution is -2.13. The summed E-state index contributed by atoms with van der Waals surface area (Å²) < 4.78 is 23.1. The van der Waals surface area contributed by atoms with Gasteiger partial charge in [-0.15, -0.1) is 0 Å². The van der Waals surface area contributed by atoms with E-state index in [4.69, 9.17) is 5.14 Å². The molecule has 2 N–H and O–H groups in total. The van der Waals surface area contributed by atoms with Gasteiger partial charge >= 0.3 is 0 Å². The minimum Gasteiger partial charge on any atom is -0.289 e. The normalized spacial score (nSPS) is 13.1. The number of nitrogens with zero attached hydrogens (tertiary/aromatic N) is 1. The first-order valence-electron chi connectivity index (χ1n) is 8.77. The molecule has 0 spiro atoms. The number of hydrogen-bond acceptors (Lipinski definition) is 4. The molecule has 1 heterocycles. The van der Waals surface area contributed by atoms with Gasteiger partial charge in [0, 0.05) is 23.0 Å². The lowest BCUT2D eigenvalue weighted by Gasteiger charge is -2.09. The number of aromatic nitrogens is 1. The average Bonchev–Trinajstić information content (AvgIpc) is 3.10. The van der Waals surface area contributed by atoms with Crippen molar-refractivity contribution in [1.29, 1.82) is 0 Å². The number of hydrogen-bond donors (Lipinski definition) is 1. The van der Waals surface area contributed by atoms with Crippen molar-refractivity contribution >= 4 is 21.4 Å². The molecule has 4 rings (SSSR count). The van der Waals surface area contributed by atoms with Crippen molar-refractivity contribution < 1.29 is 13.2 Å². The SMILES string of the molecule is Cc1cc(C2=CCc3cc(C(=O)c4cccc(S(N)(=O)=O)c4)ccc32)ccn1. The Balaban J connectivity index is 1.67. The highest BCUT2D eigenvalue weighted by Crippen LogP contribution is 2.33. The van der Waals surface area contributed by atoms with Gasteiger partial charge in [0.2, 0.25) is 10.0 Å². The Labute approximate surface area is 163 Å². The van der Waals surface area contributed by atoms with Gasteiger partial charge in [-0.05, 0) is 65.9 Å². The standard InChI is InChI=1S/C22H18N2O3S/c1-14-11-16(9-10-24-14)21-7-5-15-12-18(6-8-20(15)21)22(25)17-3-2-4-19(13-17)28(23,26)27/h2-4,6-13H,5H2,1H3,(H2,23,26,27). The molecule has 1 aliphatic carbocycles. The van der Waals surface area contributed by atoms with E-state index in [9.17, 15) is 13.2 Å². The molecule has 3 aromatic rings. The number of pyridine rings is 1. The second-order valence-corrected chi connectivity index (χ2v) is 8.34. The van der Waals surface area contributed by atoms with Crippen LogP contribution in [-0.4, -0.2) is 19.2 Å². The summed E-state index contributed by atoms with van der Waals surface area (Å²) in [5, 5.41) is 5.17. The van der Waals surface area contributed by atoms with E-state index in [0.717, 1.165) is 34.4 Å². The molecule has 0 saturated carbocycles. The van der Waals surface area contributed by atoms with E-state index < -0.39 is 10.0 Å². The lowest BCUT2D eigenvalue weighted by atomic mass is 9.95. The van der Waals surface area contributed by atoms with Crippen LogP contribution in [0.2, 0.25) is 0 Å². The van der Waals surface area contributed by atoms with Crippen molar-refractivity contribution in [2.75, 3.05) is 0 Å². The molecule has 0 bridgehead atoms. The van der Waals surface area contributed by atoms with Gasteiger partial charge in [0.1, 0.15) is 0 Å². The van der Waals surface area contributed by atoms with Crippen molar-refractivity contribution in [2.24, 2.45) is 5.14 Å². The van der Waals surface area contributed by atoms with E-state index in [1.165, 1.54) is 18.2 Å². The third-order valence-electron chi connectivity index (χ3n) is 4.82. The second kappa shape index (κ2) is 6.82. The number of carbonyl (C=O) groups excluding carboxylic acids is 1. The third kappa shape index (κ3) is 3.40. The number of primary sulfonamides is 1. The molecule has 0 unspecified atom stereocenters. The van der Waals surface area contributed by atoms with E-state index in [-0.39, 0.29) is 10.7 Å². The maximum atomic E-state index is 12.9. The molecule has 1 aliphatic rings. The zero-order valence-electron chi connectivity index (χ0n) is 15.2. The first-order valence-corrected chi connectivity index (χ1v) is 10.3. The molecule has 0 fully saturated rings. The molecule has 6 heteroatoms. The molecule has 28 heavy (non-hydrogen) atoms. The Kier molecular flexibility index (Phi) is 4.45. The smallest absolute Gasteiger partial charge is 0.238 e. The van der Waals surface area contributed by atoms with E-state index >= 15 is 0 Å². The molecular formula is C22H18N2O3S.